The molecule has 0 aliphatic carbocycles. The molecule has 0 bridgehead atoms. The second-order valence-electron chi connectivity index (χ2n) is 7.79. The Hall–Kier alpha value is -2.71. The molecular weight excluding hydrogens is 460 g/mol. The van der Waals surface area contributed by atoms with E-state index in [0.29, 0.717) is 26.3 Å². The first-order valence-corrected chi connectivity index (χ1v) is 12.5. The molecular formula is C25H25ClN2O4S. The third-order valence-electron chi connectivity index (χ3n) is 5.49. The van der Waals surface area contributed by atoms with Gasteiger partial charge in [0, 0.05) is 31.7 Å². The van der Waals surface area contributed by atoms with Crippen molar-refractivity contribution in [2.45, 2.75) is 18.0 Å². The van der Waals surface area contributed by atoms with E-state index in [0.717, 1.165) is 11.1 Å². The predicted octanol–water partition coefficient (Wildman–Crippen LogP) is 4.20. The topological polar surface area (TPSA) is 66.9 Å². The molecule has 4 rings (SSSR count). The van der Waals surface area contributed by atoms with E-state index in [-0.39, 0.29) is 34.5 Å². The van der Waals surface area contributed by atoms with Crippen LogP contribution in [0.1, 0.15) is 21.5 Å². The van der Waals surface area contributed by atoms with Gasteiger partial charge in [-0.05, 0) is 29.3 Å². The molecule has 1 aliphatic heterocycles. The normalized spacial score (nSPS) is 14.7. The Morgan fingerprint density at radius 3 is 1.97 bits per heavy atom. The zero-order valence-corrected chi connectivity index (χ0v) is 19.6. The van der Waals surface area contributed by atoms with Crippen LogP contribution in [-0.2, 0) is 27.8 Å². The second-order valence-corrected chi connectivity index (χ2v) is 10.1. The van der Waals surface area contributed by atoms with Gasteiger partial charge in [-0.2, -0.15) is 4.31 Å². The minimum absolute atomic E-state index is 0.0590. The number of halogens is 1. The highest BCUT2D eigenvalue weighted by atomic mass is 35.5. The molecule has 0 spiro atoms. The van der Waals surface area contributed by atoms with Crippen molar-refractivity contribution in [3.8, 4) is 0 Å². The molecule has 1 fully saturated rings. The first kappa shape index (κ1) is 23.4. The average Bonchev–Trinajstić information content (AvgIpc) is 2.85. The van der Waals surface area contributed by atoms with Crippen molar-refractivity contribution in [3.63, 3.8) is 0 Å². The maximum absolute atomic E-state index is 13.6. The van der Waals surface area contributed by atoms with Crippen LogP contribution in [0.25, 0.3) is 0 Å². The first-order valence-electron chi connectivity index (χ1n) is 10.7. The molecule has 6 nitrogen and oxygen atoms in total. The van der Waals surface area contributed by atoms with E-state index in [1.807, 2.05) is 60.7 Å². The summed E-state index contributed by atoms with van der Waals surface area (Å²) in [6.07, 6.45) is 0. The van der Waals surface area contributed by atoms with E-state index in [2.05, 4.69) is 0 Å². The number of benzene rings is 3. The van der Waals surface area contributed by atoms with Gasteiger partial charge in [-0.1, -0.05) is 72.3 Å². The number of amides is 1. The molecule has 0 N–H and O–H groups in total. The van der Waals surface area contributed by atoms with E-state index < -0.39 is 10.0 Å². The molecule has 3 aromatic carbocycles. The van der Waals surface area contributed by atoms with Gasteiger partial charge < -0.3 is 9.64 Å². The van der Waals surface area contributed by atoms with Crippen LogP contribution in [-0.4, -0.2) is 49.8 Å². The molecule has 1 saturated heterocycles. The van der Waals surface area contributed by atoms with E-state index in [1.165, 1.54) is 16.4 Å². The van der Waals surface area contributed by atoms with Gasteiger partial charge in [0.2, 0.25) is 10.0 Å². The smallest absolute Gasteiger partial charge is 0.254 e. The van der Waals surface area contributed by atoms with E-state index in [4.69, 9.17) is 16.3 Å². The van der Waals surface area contributed by atoms with Crippen LogP contribution in [0.5, 0.6) is 0 Å². The summed E-state index contributed by atoms with van der Waals surface area (Å²) in [5.41, 5.74) is 2.24. The molecule has 1 heterocycles. The fraction of sp³-hybridized carbons (Fsp3) is 0.240. The number of hydrogen-bond donors (Lipinski definition) is 0. The van der Waals surface area contributed by atoms with Gasteiger partial charge in [0.25, 0.3) is 5.91 Å². The molecule has 1 amide bonds. The summed E-state index contributed by atoms with van der Waals surface area (Å²) in [7, 11) is -3.84. The van der Waals surface area contributed by atoms with Crippen LogP contribution in [0.3, 0.4) is 0 Å². The fourth-order valence-corrected chi connectivity index (χ4v) is 5.66. The number of hydrogen-bond acceptors (Lipinski definition) is 4. The van der Waals surface area contributed by atoms with E-state index >= 15 is 0 Å². The molecule has 0 saturated carbocycles. The minimum atomic E-state index is -3.84. The maximum atomic E-state index is 13.6. The summed E-state index contributed by atoms with van der Waals surface area (Å²) >= 11 is 6.28. The molecule has 3 aromatic rings. The van der Waals surface area contributed by atoms with Crippen LogP contribution < -0.4 is 0 Å². The Bertz CT molecular complexity index is 1160. The lowest BCUT2D eigenvalue weighted by atomic mass is 10.1. The lowest BCUT2D eigenvalue weighted by Gasteiger charge is -2.27. The second kappa shape index (κ2) is 10.5. The van der Waals surface area contributed by atoms with Crippen molar-refractivity contribution in [3.05, 3.63) is 101 Å². The van der Waals surface area contributed by atoms with Crippen LogP contribution >= 0.6 is 11.6 Å². The largest absolute Gasteiger partial charge is 0.379 e. The van der Waals surface area contributed by atoms with E-state index in [1.54, 1.807) is 11.0 Å². The summed E-state index contributed by atoms with van der Waals surface area (Å²) in [5, 5.41) is 0.0933. The predicted molar refractivity (Wildman–Crippen MR) is 127 cm³/mol. The Morgan fingerprint density at radius 1 is 0.879 bits per heavy atom. The SMILES string of the molecule is O=C(c1ccc(Cl)c(S(=O)(=O)N2CCOCC2)c1)N(Cc1ccccc1)Cc1ccccc1. The summed E-state index contributed by atoms with van der Waals surface area (Å²) in [4.78, 5) is 15.2. The first-order chi connectivity index (χ1) is 15.9. The van der Waals surface area contributed by atoms with Crippen molar-refractivity contribution in [2.75, 3.05) is 26.3 Å². The summed E-state index contributed by atoms with van der Waals surface area (Å²) in [6.45, 7) is 1.95. The summed E-state index contributed by atoms with van der Waals surface area (Å²) < 4.78 is 33.0. The molecule has 172 valence electrons. The van der Waals surface area contributed by atoms with E-state index in [9.17, 15) is 13.2 Å². The lowest BCUT2D eigenvalue weighted by molar-refractivity contribution is 0.0725. The highest BCUT2D eigenvalue weighted by Crippen LogP contribution is 2.27. The van der Waals surface area contributed by atoms with Gasteiger partial charge >= 0.3 is 0 Å². The van der Waals surface area contributed by atoms with Gasteiger partial charge in [0.15, 0.2) is 0 Å². The van der Waals surface area contributed by atoms with Crippen molar-refractivity contribution in [2.24, 2.45) is 0 Å². The Kier molecular flexibility index (Phi) is 7.45. The minimum Gasteiger partial charge on any atom is -0.379 e. The molecule has 0 radical (unpaired) electrons. The van der Waals surface area contributed by atoms with Crippen molar-refractivity contribution in [1.82, 2.24) is 9.21 Å². The molecule has 0 atom stereocenters. The van der Waals surface area contributed by atoms with Gasteiger partial charge in [0.1, 0.15) is 4.90 Å². The standard InChI is InChI=1S/C25H25ClN2O4S/c26-23-12-11-22(17-24(23)33(30,31)28-13-15-32-16-14-28)25(29)27(18-20-7-3-1-4-8-20)19-21-9-5-2-6-10-21/h1-12,17H,13-16,18-19H2. The quantitative estimate of drug-likeness (QED) is 0.504. The van der Waals surface area contributed by atoms with Gasteiger partial charge in [-0.15, -0.1) is 0 Å². The summed E-state index contributed by atoms with van der Waals surface area (Å²) in [5.74, 6) is -0.266. The van der Waals surface area contributed by atoms with Crippen LogP contribution in [0.2, 0.25) is 5.02 Å². The Morgan fingerprint density at radius 2 is 1.42 bits per heavy atom. The van der Waals surface area contributed by atoms with Crippen molar-refractivity contribution >= 4 is 27.5 Å². The van der Waals surface area contributed by atoms with Crippen LogP contribution in [0, 0.1) is 0 Å². The van der Waals surface area contributed by atoms with Crippen molar-refractivity contribution < 1.29 is 17.9 Å². The molecule has 0 unspecified atom stereocenters. The van der Waals surface area contributed by atoms with Crippen LogP contribution in [0.15, 0.2) is 83.8 Å². The van der Waals surface area contributed by atoms with Crippen molar-refractivity contribution in [1.29, 1.82) is 0 Å². The number of nitrogens with zero attached hydrogens (tertiary/aromatic N) is 2. The zero-order valence-electron chi connectivity index (χ0n) is 18.1. The highest BCUT2D eigenvalue weighted by Gasteiger charge is 2.29. The molecule has 33 heavy (non-hydrogen) atoms. The summed E-state index contributed by atoms with van der Waals surface area (Å²) in [6, 6.07) is 23.8. The monoisotopic (exact) mass is 484 g/mol. The van der Waals surface area contributed by atoms with Gasteiger partial charge in [-0.25, -0.2) is 8.42 Å². The number of rotatable bonds is 7. The lowest BCUT2D eigenvalue weighted by Crippen LogP contribution is -2.40. The van der Waals surface area contributed by atoms with Gasteiger partial charge in [-0.3, -0.25) is 4.79 Å². The number of carbonyl (C=O) groups excluding carboxylic acids is 1. The maximum Gasteiger partial charge on any atom is 0.254 e. The van der Waals surface area contributed by atoms with Gasteiger partial charge in [0.05, 0.1) is 18.2 Å². The highest BCUT2D eigenvalue weighted by molar-refractivity contribution is 7.89. The van der Waals surface area contributed by atoms with Crippen LogP contribution in [0.4, 0.5) is 0 Å². The Labute approximate surface area is 199 Å². The molecule has 8 heteroatoms. The third-order valence-corrected chi connectivity index (χ3v) is 7.87. The average molecular weight is 485 g/mol. The fourth-order valence-electron chi connectivity index (χ4n) is 3.75. The number of ether oxygens (including phenoxy) is 1. The molecule has 1 aliphatic rings. The number of sulfonamides is 1. The number of carbonyl (C=O) groups is 1. The Balaban J connectivity index is 1.66. The zero-order chi connectivity index (χ0) is 23.3. The molecule has 0 aromatic heterocycles. The number of morpholine rings is 1. The third kappa shape index (κ3) is 5.62.